The first-order valence-electron chi connectivity index (χ1n) is 7.37. The molecule has 0 saturated carbocycles. The SMILES string of the molecule is CC(C)(C)OC(=O)N1CC(COc2cc(C(F)F)ccc2O)C1. The third-order valence-electron chi connectivity index (χ3n) is 3.32. The molecule has 0 unspecified atom stereocenters. The van der Waals surface area contributed by atoms with E-state index in [-0.39, 0.29) is 35.7 Å². The summed E-state index contributed by atoms with van der Waals surface area (Å²) in [6, 6.07) is 3.47. The van der Waals surface area contributed by atoms with E-state index in [2.05, 4.69) is 0 Å². The summed E-state index contributed by atoms with van der Waals surface area (Å²) in [5.74, 6) is -0.0756. The number of phenols is 1. The summed E-state index contributed by atoms with van der Waals surface area (Å²) >= 11 is 0. The molecular formula is C16H21F2NO4. The van der Waals surface area contributed by atoms with E-state index in [1.54, 1.807) is 25.7 Å². The molecule has 0 aromatic heterocycles. The zero-order chi connectivity index (χ0) is 17.2. The van der Waals surface area contributed by atoms with Gasteiger partial charge in [-0.2, -0.15) is 0 Å². The van der Waals surface area contributed by atoms with Gasteiger partial charge in [-0.1, -0.05) is 0 Å². The minimum Gasteiger partial charge on any atom is -0.504 e. The van der Waals surface area contributed by atoms with Crippen LogP contribution in [0.3, 0.4) is 0 Å². The molecule has 0 radical (unpaired) electrons. The lowest BCUT2D eigenvalue weighted by Crippen LogP contribution is -2.53. The van der Waals surface area contributed by atoms with Crippen LogP contribution >= 0.6 is 0 Å². The van der Waals surface area contributed by atoms with Gasteiger partial charge >= 0.3 is 6.09 Å². The Labute approximate surface area is 133 Å². The van der Waals surface area contributed by atoms with Crippen molar-refractivity contribution in [3.8, 4) is 11.5 Å². The second kappa shape index (κ2) is 6.60. The normalized spacial score (nSPS) is 15.5. The fourth-order valence-electron chi connectivity index (χ4n) is 2.14. The van der Waals surface area contributed by atoms with Gasteiger partial charge in [-0.25, -0.2) is 13.6 Å². The molecule has 2 rings (SSSR count). The molecule has 23 heavy (non-hydrogen) atoms. The standard InChI is InChI=1S/C16H21F2NO4/c1-16(2,3)23-15(21)19-7-10(8-19)9-22-13-6-11(14(17)18)4-5-12(13)20/h4-6,10,14,20H,7-9H2,1-3H3. The van der Waals surface area contributed by atoms with Gasteiger partial charge in [0.15, 0.2) is 11.5 Å². The largest absolute Gasteiger partial charge is 0.504 e. The Morgan fingerprint density at radius 2 is 2.04 bits per heavy atom. The molecule has 0 spiro atoms. The average molecular weight is 329 g/mol. The second-order valence-corrected chi connectivity index (χ2v) is 6.59. The molecule has 1 N–H and O–H groups in total. The van der Waals surface area contributed by atoms with Crippen molar-refractivity contribution >= 4 is 6.09 Å². The number of alkyl halides is 2. The van der Waals surface area contributed by atoms with Crippen LogP contribution in [-0.4, -0.2) is 41.4 Å². The van der Waals surface area contributed by atoms with Crippen molar-refractivity contribution in [1.29, 1.82) is 0 Å². The number of aromatic hydroxyl groups is 1. The summed E-state index contributed by atoms with van der Waals surface area (Å²) in [4.78, 5) is 13.3. The van der Waals surface area contributed by atoms with Gasteiger partial charge in [0.05, 0.1) is 6.61 Å². The molecule has 0 aliphatic carbocycles. The molecule has 1 aliphatic rings. The molecule has 7 heteroatoms. The first-order chi connectivity index (χ1) is 10.7. The summed E-state index contributed by atoms with van der Waals surface area (Å²) in [6.45, 7) is 6.58. The molecule has 1 aromatic carbocycles. The molecule has 128 valence electrons. The lowest BCUT2D eigenvalue weighted by Gasteiger charge is -2.39. The predicted molar refractivity (Wildman–Crippen MR) is 79.9 cm³/mol. The van der Waals surface area contributed by atoms with Crippen molar-refractivity contribution < 1.29 is 28.2 Å². The van der Waals surface area contributed by atoms with E-state index in [0.717, 1.165) is 12.1 Å². The van der Waals surface area contributed by atoms with Crippen LogP contribution < -0.4 is 4.74 Å². The van der Waals surface area contributed by atoms with Crippen LogP contribution in [0.2, 0.25) is 0 Å². The van der Waals surface area contributed by atoms with Gasteiger partial charge in [0.25, 0.3) is 6.43 Å². The van der Waals surface area contributed by atoms with Crippen LogP contribution in [0.25, 0.3) is 0 Å². The molecule has 5 nitrogen and oxygen atoms in total. The van der Waals surface area contributed by atoms with Gasteiger partial charge < -0.3 is 19.5 Å². The number of amides is 1. The zero-order valence-electron chi connectivity index (χ0n) is 13.4. The predicted octanol–water partition coefficient (Wildman–Crippen LogP) is 3.58. The number of halogens is 2. The van der Waals surface area contributed by atoms with Crippen LogP contribution in [-0.2, 0) is 4.74 Å². The third-order valence-corrected chi connectivity index (χ3v) is 3.32. The van der Waals surface area contributed by atoms with Crippen LogP contribution in [0.1, 0.15) is 32.8 Å². The summed E-state index contributed by atoms with van der Waals surface area (Å²) < 4.78 is 35.9. The Balaban J connectivity index is 1.81. The van der Waals surface area contributed by atoms with Crippen molar-refractivity contribution in [2.45, 2.75) is 32.8 Å². The smallest absolute Gasteiger partial charge is 0.410 e. The van der Waals surface area contributed by atoms with Crippen LogP contribution in [0, 0.1) is 5.92 Å². The summed E-state index contributed by atoms with van der Waals surface area (Å²) in [5, 5.41) is 9.63. The van der Waals surface area contributed by atoms with Crippen molar-refractivity contribution in [2.24, 2.45) is 5.92 Å². The summed E-state index contributed by atoms with van der Waals surface area (Å²) in [5.41, 5.74) is -0.748. The minimum absolute atomic E-state index is 0.0264. The third kappa shape index (κ3) is 4.71. The molecular weight excluding hydrogens is 308 g/mol. The number of hydrogen-bond donors (Lipinski definition) is 1. The Morgan fingerprint density at radius 3 is 2.61 bits per heavy atom. The van der Waals surface area contributed by atoms with E-state index >= 15 is 0 Å². The van der Waals surface area contributed by atoms with Gasteiger partial charge in [0, 0.05) is 24.6 Å². The van der Waals surface area contributed by atoms with Crippen LogP contribution in [0.4, 0.5) is 13.6 Å². The monoisotopic (exact) mass is 329 g/mol. The van der Waals surface area contributed by atoms with E-state index in [0.29, 0.717) is 13.1 Å². The van der Waals surface area contributed by atoms with Crippen LogP contribution in [0.5, 0.6) is 11.5 Å². The van der Waals surface area contributed by atoms with E-state index in [9.17, 15) is 18.7 Å². The maximum absolute atomic E-state index is 12.6. The lowest BCUT2D eigenvalue weighted by molar-refractivity contribution is -0.00800. The summed E-state index contributed by atoms with van der Waals surface area (Å²) in [6.07, 6.45) is -3.00. The first-order valence-corrected chi connectivity index (χ1v) is 7.37. The number of nitrogens with zero attached hydrogens (tertiary/aromatic N) is 1. The number of benzene rings is 1. The average Bonchev–Trinajstić information content (AvgIpc) is 2.36. The minimum atomic E-state index is -2.62. The highest BCUT2D eigenvalue weighted by atomic mass is 19.3. The number of carbonyl (C=O) groups excluding carboxylic acids is 1. The number of hydrogen-bond acceptors (Lipinski definition) is 4. The molecule has 1 aliphatic heterocycles. The Kier molecular flexibility index (Phi) is 4.97. The highest BCUT2D eigenvalue weighted by Gasteiger charge is 2.34. The Hall–Kier alpha value is -2.05. The Morgan fingerprint density at radius 1 is 1.39 bits per heavy atom. The lowest BCUT2D eigenvalue weighted by atomic mass is 10.0. The zero-order valence-corrected chi connectivity index (χ0v) is 13.4. The Bertz CT molecular complexity index is 566. The fourth-order valence-corrected chi connectivity index (χ4v) is 2.14. The molecule has 1 amide bonds. The summed E-state index contributed by atoms with van der Waals surface area (Å²) in [7, 11) is 0. The van der Waals surface area contributed by atoms with E-state index < -0.39 is 12.0 Å². The van der Waals surface area contributed by atoms with Gasteiger partial charge in [-0.15, -0.1) is 0 Å². The van der Waals surface area contributed by atoms with E-state index in [1.165, 1.54) is 6.07 Å². The molecule has 1 fully saturated rings. The second-order valence-electron chi connectivity index (χ2n) is 6.59. The van der Waals surface area contributed by atoms with Gasteiger partial charge in [0.1, 0.15) is 5.60 Å². The number of phenolic OH excluding ortho intramolecular Hbond substituents is 1. The number of likely N-dealkylation sites (tertiary alicyclic amines) is 1. The highest BCUT2D eigenvalue weighted by Crippen LogP contribution is 2.32. The topological polar surface area (TPSA) is 59.0 Å². The molecule has 1 heterocycles. The van der Waals surface area contributed by atoms with Crippen molar-refractivity contribution in [3.05, 3.63) is 23.8 Å². The molecule has 1 saturated heterocycles. The quantitative estimate of drug-likeness (QED) is 0.917. The number of carbonyl (C=O) groups is 1. The van der Waals surface area contributed by atoms with Gasteiger partial charge in [-0.3, -0.25) is 0 Å². The van der Waals surface area contributed by atoms with Crippen molar-refractivity contribution in [3.63, 3.8) is 0 Å². The van der Waals surface area contributed by atoms with Crippen molar-refractivity contribution in [2.75, 3.05) is 19.7 Å². The molecule has 0 bridgehead atoms. The van der Waals surface area contributed by atoms with Crippen LogP contribution in [0.15, 0.2) is 18.2 Å². The molecule has 1 aromatic rings. The maximum Gasteiger partial charge on any atom is 0.410 e. The van der Waals surface area contributed by atoms with E-state index in [1.807, 2.05) is 0 Å². The molecule has 0 atom stereocenters. The number of rotatable bonds is 4. The fraction of sp³-hybridized carbons (Fsp3) is 0.562. The maximum atomic E-state index is 12.6. The van der Waals surface area contributed by atoms with E-state index in [4.69, 9.17) is 9.47 Å². The van der Waals surface area contributed by atoms with Gasteiger partial charge in [-0.05, 0) is 39.0 Å². The number of ether oxygens (including phenoxy) is 2. The highest BCUT2D eigenvalue weighted by molar-refractivity contribution is 5.69. The van der Waals surface area contributed by atoms with Gasteiger partial charge in [0.2, 0.25) is 0 Å². The van der Waals surface area contributed by atoms with Crippen molar-refractivity contribution in [1.82, 2.24) is 4.90 Å². The first kappa shape index (κ1) is 17.3.